The number of hydrogen-bond donors (Lipinski definition) is 2. The van der Waals surface area contributed by atoms with Gasteiger partial charge < -0.3 is 15.2 Å². The molecule has 2 amide bonds. The Labute approximate surface area is 157 Å². The molecule has 136 valence electrons. The zero-order valence-electron chi connectivity index (χ0n) is 15.3. The number of rotatable bonds is 6. The van der Waals surface area contributed by atoms with Crippen molar-refractivity contribution >= 4 is 34.1 Å². The number of nitrogens with zero attached hydrogens (tertiary/aromatic N) is 1. The predicted molar refractivity (Wildman–Crippen MR) is 106 cm³/mol. The predicted octanol–water partition coefficient (Wildman–Crippen LogP) is 3.34. The molecule has 3 rings (SSSR count). The quantitative estimate of drug-likeness (QED) is 0.700. The molecule has 1 aromatic carbocycles. The summed E-state index contributed by atoms with van der Waals surface area (Å²) >= 11 is 1.68. The highest BCUT2D eigenvalue weighted by Gasteiger charge is 2.16. The molecular weight excluding hydrogens is 346 g/mol. The Morgan fingerprint density at radius 3 is 2.73 bits per heavy atom. The summed E-state index contributed by atoms with van der Waals surface area (Å²) in [7, 11) is 3.35. The first-order valence-corrected chi connectivity index (χ1v) is 9.45. The zero-order chi connectivity index (χ0) is 18.7. The van der Waals surface area contributed by atoms with Crippen LogP contribution in [0.1, 0.15) is 17.5 Å². The van der Waals surface area contributed by atoms with Gasteiger partial charge in [-0.1, -0.05) is 17.7 Å². The van der Waals surface area contributed by atoms with Gasteiger partial charge in [-0.25, -0.2) is 0 Å². The second kappa shape index (κ2) is 7.74. The van der Waals surface area contributed by atoms with Gasteiger partial charge in [-0.2, -0.15) is 0 Å². The van der Waals surface area contributed by atoms with Crippen LogP contribution in [0.15, 0.2) is 35.7 Å². The molecule has 0 saturated carbocycles. The number of amides is 2. The van der Waals surface area contributed by atoms with Gasteiger partial charge in [0.1, 0.15) is 0 Å². The van der Waals surface area contributed by atoms with Crippen LogP contribution in [0.4, 0.5) is 0 Å². The van der Waals surface area contributed by atoms with Gasteiger partial charge in [0.2, 0.25) is 11.8 Å². The minimum absolute atomic E-state index is 0.0383. The Morgan fingerprint density at radius 1 is 1.23 bits per heavy atom. The highest BCUT2D eigenvalue weighted by molar-refractivity contribution is 7.13. The maximum Gasteiger partial charge on any atom is 0.241 e. The van der Waals surface area contributed by atoms with Gasteiger partial charge in [0.25, 0.3) is 0 Å². The Bertz CT molecular complexity index is 926. The number of nitrogens with one attached hydrogen (secondary N) is 2. The van der Waals surface area contributed by atoms with Crippen molar-refractivity contribution in [2.24, 2.45) is 0 Å². The van der Waals surface area contributed by atoms with Crippen LogP contribution in [0.5, 0.6) is 0 Å². The van der Waals surface area contributed by atoms with Crippen LogP contribution in [0.3, 0.4) is 0 Å². The largest absolute Gasteiger partial charge is 0.354 e. The van der Waals surface area contributed by atoms with Gasteiger partial charge in [-0.05, 0) is 42.5 Å². The van der Waals surface area contributed by atoms with Crippen LogP contribution in [0.2, 0.25) is 0 Å². The number of aryl methyl sites for hydroxylation is 2. The van der Waals surface area contributed by atoms with E-state index in [4.69, 9.17) is 0 Å². The molecule has 0 spiro atoms. The molecule has 2 N–H and O–H groups in total. The molecule has 0 unspecified atom stereocenters. The van der Waals surface area contributed by atoms with E-state index in [9.17, 15) is 9.59 Å². The number of fused-ring (bicyclic) bond motifs is 1. The summed E-state index contributed by atoms with van der Waals surface area (Å²) < 4.78 is 0. The molecule has 6 heteroatoms. The van der Waals surface area contributed by atoms with Crippen molar-refractivity contribution in [3.05, 3.63) is 46.8 Å². The molecule has 26 heavy (non-hydrogen) atoms. The molecule has 2 aromatic heterocycles. The maximum absolute atomic E-state index is 12.2. The molecule has 0 saturated heterocycles. The lowest BCUT2D eigenvalue weighted by Crippen LogP contribution is -2.36. The Kier molecular flexibility index (Phi) is 5.42. The van der Waals surface area contributed by atoms with Gasteiger partial charge in [-0.15, -0.1) is 11.3 Å². The summed E-state index contributed by atoms with van der Waals surface area (Å²) in [6.45, 7) is 2.11. The van der Waals surface area contributed by atoms with E-state index in [1.165, 1.54) is 10.5 Å². The fourth-order valence-corrected chi connectivity index (χ4v) is 3.66. The summed E-state index contributed by atoms with van der Waals surface area (Å²) in [6, 6.07) is 10.4. The van der Waals surface area contributed by atoms with Crippen LogP contribution >= 0.6 is 11.3 Å². The van der Waals surface area contributed by atoms with Crippen molar-refractivity contribution in [1.82, 2.24) is 15.2 Å². The summed E-state index contributed by atoms with van der Waals surface area (Å²) in [5.74, 6) is -0.223. The topological polar surface area (TPSA) is 65.2 Å². The first-order chi connectivity index (χ1) is 12.5. The van der Waals surface area contributed by atoms with E-state index in [2.05, 4.69) is 46.9 Å². The lowest BCUT2D eigenvalue weighted by Gasteiger charge is -2.11. The zero-order valence-corrected chi connectivity index (χ0v) is 16.1. The van der Waals surface area contributed by atoms with Crippen molar-refractivity contribution in [3.8, 4) is 10.6 Å². The molecule has 0 aliphatic rings. The van der Waals surface area contributed by atoms with Gasteiger partial charge in [0.15, 0.2) is 0 Å². The molecule has 0 aliphatic heterocycles. The van der Waals surface area contributed by atoms with E-state index in [0.717, 1.165) is 27.0 Å². The lowest BCUT2D eigenvalue weighted by molar-refractivity contribution is -0.130. The third-order valence-corrected chi connectivity index (χ3v) is 5.25. The van der Waals surface area contributed by atoms with Crippen LogP contribution in [-0.2, 0) is 16.0 Å². The van der Waals surface area contributed by atoms with Crippen molar-refractivity contribution in [3.63, 3.8) is 0 Å². The summed E-state index contributed by atoms with van der Waals surface area (Å²) in [6.07, 6.45) is 0.971. The summed E-state index contributed by atoms with van der Waals surface area (Å²) in [4.78, 5) is 29.9. The number of carbonyl (C=O) groups is 2. The fraction of sp³-hybridized carbons (Fsp3) is 0.300. The summed E-state index contributed by atoms with van der Waals surface area (Å²) in [5.41, 5.74) is 4.51. The number of hydrogen-bond acceptors (Lipinski definition) is 3. The third-order valence-electron chi connectivity index (χ3n) is 4.37. The standard InChI is InChI=1S/C20H23N3O2S/c1-13-6-8-16-15(11-13)14(20(22-16)17-5-4-10-26-17)7-9-18(24)21-12-19(25)23(2)3/h4-6,8,10-11,22H,7,9,12H2,1-3H3,(H,21,24). The Hall–Kier alpha value is -2.60. The van der Waals surface area contributed by atoms with E-state index in [-0.39, 0.29) is 18.4 Å². The number of thiophene rings is 1. The van der Waals surface area contributed by atoms with Crippen LogP contribution in [-0.4, -0.2) is 42.3 Å². The molecule has 3 aromatic rings. The van der Waals surface area contributed by atoms with Crippen LogP contribution < -0.4 is 5.32 Å². The minimum atomic E-state index is -0.112. The van der Waals surface area contributed by atoms with Gasteiger partial charge in [0.05, 0.1) is 17.1 Å². The molecular formula is C20H23N3O2S. The Balaban J connectivity index is 1.80. The smallest absolute Gasteiger partial charge is 0.241 e. The second-order valence-corrected chi connectivity index (χ2v) is 7.52. The van der Waals surface area contributed by atoms with Crippen LogP contribution in [0.25, 0.3) is 21.5 Å². The van der Waals surface area contributed by atoms with E-state index in [1.807, 2.05) is 6.07 Å². The number of aromatic nitrogens is 1. The van der Waals surface area contributed by atoms with Crippen molar-refractivity contribution in [2.45, 2.75) is 19.8 Å². The molecule has 0 fully saturated rings. The number of H-pyrrole nitrogens is 1. The van der Waals surface area contributed by atoms with E-state index >= 15 is 0 Å². The second-order valence-electron chi connectivity index (χ2n) is 6.57. The number of likely N-dealkylation sites (N-methyl/N-ethyl adjacent to an activating group) is 1. The Morgan fingerprint density at radius 2 is 2.04 bits per heavy atom. The number of aromatic amines is 1. The first kappa shape index (κ1) is 18.2. The van der Waals surface area contributed by atoms with Crippen molar-refractivity contribution in [1.29, 1.82) is 0 Å². The molecule has 5 nitrogen and oxygen atoms in total. The third kappa shape index (κ3) is 3.96. The maximum atomic E-state index is 12.2. The van der Waals surface area contributed by atoms with E-state index in [0.29, 0.717) is 12.8 Å². The van der Waals surface area contributed by atoms with E-state index < -0.39 is 0 Å². The number of carbonyl (C=O) groups excluding carboxylic acids is 2. The van der Waals surface area contributed by atoms with Crippen molar-refractivity contribution in [2.75, 3.05) is 20.6 Å². The molecule has 0 radical (unpaired) electrons. The normalized spacial score (nSPS) is 10.9. The molecule has 0 bridgehead atoms. The van der Waals surface area contributed by atoms with Gasteiger partial charge in [0, 0.05) is 31.4 Å². The van der Waals surface area contributed by atoms with Gasteiger partial charge >= 0.3 is 0 Å². The number of benzene rings is 1. The first-order valence-electron chi connectivity index (χ1n) is 8.57. The molecule has 0 aliphatic carbocycles. The highest BCUT2D eigenvalue weighted by atomic mass is 32.1. The summed E-state index contributed by atoms with van der Waals surface area (Å²) in [5, 5.41) is 5.91. The van der Waals surface area contributed by atoms with E-state index in [1.54, 1.807) is 25.4 Å². The molecule has 0 atom stereocenters. The average Bonchev–Trinajstić information content (AvgIpc) is 3.24. The highest BCUT2D eigenvalue weighted by Crippen LogP contribution is 2.34. The monoisotopic (exact) mass is 369 g/mol. The van der Waals surface area contributed by atoms with Gasteiger partial charge in [-0.3, -0.25) is 9.59 Å². The SMILES string of the molecule is Cc1ccc2[nH]c(-c3cccs3)c(CCC(=O)NCC(=O)N(C)C)c2c1. The fourth-order valence-electron chi connectivity index (χ4n) is 2.91. The van der Waals surface area contributed by atoms with Crippen LogP contribution in [0, 0.1) is 6.92 Å². The average molecular weight is 369 g/mol. The molecule has 2 heterocycles. The van der Waals surface area contributed by atoms with Crippen molar-refractivity contribution < 1.29 is 9.59 Å². The lowest BCUT2D eigenvalue weighted by atomic mass is 10.0. The minimum Gasteiger partial charge on any atom is -0.354 e.